The van der Waals surface area contributed by atoms with E-state index >= 15 is 0 Å². The maximum atomic E-state index is 13.1. The first-order chi connectivity index (χ1) is 14.6. The van der Waals surface area contributed by atoms with Crippen molar-refractivity contribution in [2.75, 3.05) is 0 Å². The summed E-state index contributed by atoms with van der Waals surface area (Å²) >= 11 is 0. The van der Waals surface area contributed by atoms with Crippen molar-refractivity contribution >= 4 is 17.3 Å². The summed E-state index contributed by atoms with van der Waals surface area (Å²) in [5, 5.41) is 0. The monoisotopic (exact) mass is 426 g/mol. The predicted octanol–water partition coefficient (Wildman–Crippen LogP) is 6.57. The van der Waals surface area contributed by atoms with E-state index in [9.17, 15) is 14.4 Å². The van der Waals surface area contributed by atoms with Gasteiger partial charge in [-0.2, -0.15) is 0 Å². The lowest BCUT2D eigenvalue weighted by molar-refractivity contribution is -0.130. The third kappa shape index (κ3) is 5.93. The van der Waals surface area contributed by atoms with Gasteiger partial charge in [-0.25, -0.2) is 0 Å². The van der Waals surface area contributed by atoms with Gasteiger partial charge in [0.05, 0.1) is 6.42 Å². The first-order valence-electron chi connectivity index (χ1n) is 12.3. The van der Waals surface area contributed by atoms with E-state index in [1.54, 1.807) is 0 Å². The van der Waals surface area contributed by atoms with E-state index in [2.05, 4.69) is 46.8 Å². The Morgan fingerprint density at radius 1 is 1.03 bits per heavy atom. The molecule has 0 bridgehead atoms. The molecule has 31 heavy (non-hydrogen) atoms. The molecule has 4 unspecified atom stereocenters. The van der Waals surface area contributed by atoms with Crippen LogP contribution in [0, 0.1) is 36.5 Å². The molecule has 3 heteroatoms. The minimum absolute atomic E-state index is 0.0368. The molecule has 0 saturated carbocycles. The largest absolute Gasteiger partial charge is 0.300 e. The van der Waals surface area contributed by atoms with Gasteiger partial charge in [0, 0.05) is 17.9 Å². The van der Waals surface area contributed by atoms with Crippen LogP contribution in [0.5, 0.6) is 0 Å². The molecule has 2 rings (SSSR count). The molecule has 0 spiro atoms. The number of aryl methyl sites for hydroxylation is 2. The van der Waals surface area contributed by atoms with Gasteiger partial charge in [0.2, 0.25) is 0 Å². The van der Waals surface area contributed by atoms with Crippen molar-refractivity contribution in [3.8, 4) is 0 Å². The normalized spacial score (nSPS) is 19.1. The van der Waals surface area contributed by atoms with Crippen LogP contribution in [0.3, 0.4) is 0 Å². The molecule has 0 N–H and O–H groups in total. The molecular weight excluding hydrogens is 384 g/mol. The molecule has 1 aromatic rings. The summed E-state index contributed by atoms with van der Waals surface area (Å²) < 4.78 is 0. The average Bonchev–Trinajstić information content (AvgIpc) is 2.68. The van der Waals surface area contributed by atoms with Crippen LogP contribution in [0.2, 0.25) is 0 Å². The molecule has 0 fully saturated rings. The van der Waals surface area contributed by atoms with Crippen LogP contribution in [0.4, 0.5) is 0 Å². The summed E-state index contributed by atoms with van der Waals surface area (Å²) in [7, 11) is 0. The fraction of sp³-hybridized carbons (Fsp3) is 0.679. The van der Waals surface area contributed by atoms with E-state index in [1.807, 2.05) is 6.92 Å². The standard InChI is InChI=1S/C28H42O3/c1-8-21-12-11-18(6)28-24(21)14-20(16-27(28)31)15-25(22(9-2)17(4)5)23(10-3)26(30)13-19(7)29/h11-12,17,20,22-23,25H,8-10,13-16H2,1-7H3. The van der Waals surface area contributed by atoms with Gasteiger partial charge in [-0.3, -0.25) is 14.4 Å². The Hall–Kier alpha value is -1.77. The quantitative estimate of drug-likeness (QED) is 0.376. The molecule has 4 atom stereocenters. The number of ketones is 3. The van der Waals surface area contributed by atoms with Crippen molar-refractivity contribution in [2.24, 2.45) is 29.6 Å². The van der Waals surface area contributed by atoms with Crippen LogP contribution in [0.15, 0.2) is 12.1 Å². The van der Waals surface area contributed by atoms with Gasteiger partial charge >= 0.3 is 0 Å². The zero-order valence-electron chi connectivity index (χ0n) is 20.7. The summed E-state index contributed by atoms with van der Waals surface area (Å²) in [6.45, 7) is 14.5. The summed E-state index contributed by atoms with van der Waals surface area (Å²) in [4.78, 5) is 37.9. The predicted molar refractivity (Wildman–Crippen MR) is 128 cm³/mol. The van der Waals surface area contributed by atoms with Crippen molar-refractivity contribution in [1.29, 1.82) is 0 Å². The number of carbonyl (C=O) groups is 3. The number of benzene rings is 1. The molecule has 1 aliphatic carbocycles. The lowest BCUT2D eigenvalue weighted by atomic mass is 9.66. The lowest BCUT2D eigenvalue weighted by Crippen LogP contribution is -2.35. The molecular formula is C28H42O3. The SMILES string of the molecule is CCc1ccc(C)c2c1CC(CC(C(CC)C(=O)CC(C)=O)C(CC)C(C)C)CC2=O. The zero-order valence-corrected chi connectivity index (χ0v) is 20.7. The van der Waals surface area contributed by atoms with Gasteiger partial charge < -0.3 is 0 Å². The number of carbonyl (C=O) groups excluding carboxylic acids is 3. The first-order valence-corrected chi connectivity index (χ1v) is 12.3. The fourth-order valence-corrected chi connectivity index (χ4v) is 6.09. The molecule has 1 aromatic carbocycles. The Morgan fingerprint density at radius 3 is 2.23 bits per heavy atom. The van der Waals surface area contributed by atoms with E-state index in [-0.39, 0.29) is 41.5 Å². The van der Waals surface area contributed by atoms with Gasteiger partial charge in [-0.15, -0.1) is 0 Å². The fourth-order valence-electron chi connectivity index (χ4n) is 6.09. The summed E-state index contributed by atoms with van der Waals surface area (Å²) in [5.74, 6) is 1.57. The van der Waals surface area contributed by atoms with Crippen molar-refractivity contribution < 1.29 is 14.4 Å². The average molecular weight is 427 g/mol. The van der Waals surface area contributed by atoms with E-state index in [1.165, 1.54) is 18.1 Å². The Morgan fingerprint density at radius 2 is 1.71 bits per heavy atom. The second-order valence-electron chi connectivity index (χ2n) is 10.0. The second kappa shape index (κ2) is 11.2. The highest BCUT2D eigenvalue weighted by Gasteiger charge is 2.37. The number of hydrogen-bond acceptors (Lipinski definition) is 3. The van der Waals surface area contributed by atoms with Gasteiger partial charge in [0.25, 0.3) is 0 Å². The van der Waals surface area contributed by atoms with Crippen molar-refractivity contribution in [2.45, 2.75) is 93.4 Å². The van der Waals surface area contributed by atoms with E-state index in [0.29, 0.717) is 18.3 Å². The van der Waals surface area contributed by atoms with E-state index in [4.69, 9.17) is 0 Å². The van der Waals surface area contributed by atoms with E-state index in [0.717, 1.165) is 43.2 Å². The molecule has 0 amide bonds. The lowest BCUT2D eigenvalue weighted by Gasteiger charge is -2.38. The third-order valence-corrected chi connectivity index (χ3v) is 7.52. The topological polar surface area (TPSA) is 51.2 Å². The number of rotatable bonds is 11. The Kier molecular flexibility index (Phi) is 9.21. The number of Topliss-reactive ketones (excluding diaryl/α,β-unsaturated/α-hetero) is 3. The van der Waals surface area contributed by atoms with Crippen LogP contribution in [-0.2, 0) is 22.4 Å². The van der Waals surface area contributed by atoms with Crippen LogP contribution in [0.1, 0.15) is 101 Å². The first kappa shape index (κ1) is 25.5. The summed E-state index contributed by atoms with van der Waals surface area (Å²) in [5.41, 5.74) is 4.56. The van der Waals surface area contributed by atoms with E-state index < -0.39 is 0 Å². The molecule has 1 aliphatic rings. The van der Waals surface area contributed by atoms with Crippen LogP contribution >= 0.6 is 0 Å². The molecule has 0 radical (unpaired) electrons. The summed E-state index contributed by atoms with van der Waals surface area (Å²) in [6, 6.07) is 4.26. The van der Waals surface area contributed by atoms with Gasteiger partial charge in [-0.05, 0) is 79.9 Å². The Balaban J connectivity index is 2.39. The third-order valence-electron chi connectivity index (χ3n) is 7.52. The highest BCUT2D eigenvalue weighted by molar-refractivity contribution is 6.00. The van der Waals surface area contributed by atoms with Crippen LogP contribution in [-0.4, -0.2) is 17.3 Å². The smallest absolute Gasteiger partial charge is 0.163 e. The molecule has 3 nitrogen and oxygen atoms in total. The molecule has 172 valence electrons. The van der Waals surface area contributed by atoms with Gasteiger partial charge in [0.1, 0.15) is 11.6 Å². The highest BCUT2D eigenvalue weighted by Crippen LogP contribution is 2.41. The van der Waals surface area contributed by atoms with Crippen molar-refractivity contribution in [3.63, 3.8) is 0 Å². The van der Waals surface area contributed by atoms with Crippen LogP contribution < -0.4 is 0 Å². The maximum absolute atomic E-state index is 13.1. The van der Waals surface area contributed by atoms with Gasteiger partial charge in [0.15, 0.2) is 5.78 Å². The number of fused-ring (bicyclic) bond motifs is 1. The molecule has 0 saturated heterocycles. The molecule has 0 heterocycles. The maximum Gasteiger partial charge on any atom is 0.163 e. The highest BCUT2D eigenvalue weighted by atomic mass is 16.1. The van der Waals surface area contributed by atoms with Crippen molar-refractivity contribution in [3.05, 3.63) is 34.4 Å². The van der Waals surface area contributed by atoms with Gasteiger partial charge in [-0.1, -0.05) is 53.2 Å². The minimum atomic E-state index is -0.101. The minimum Gasteiger partial charge on any atom is -0.300 e. The Bertz CT molecular complexity index is 805. The molecule has 0 aromatic heterocycles. The zero-order chi connectivity index (χ0) is 23.3. The summed E-state index contributed by atoms with van der Waals surface area (Å²) in [6.07, 6.45) is 5.14. The molecule has 0 aliphatic heterocycles. The van der Waals surface area contributed by atoms with Crippen LogP contribution in [0.25, 0.3) is 0 Å². The Labute approximate surface area is 189 Å². The number of hydrogen-bond donors (Lipinski definition) is 0. The van der Waals surface area contributed by atoms with Crippen molar-refractivity contribution in [1.82, 2.24) is 0 Å². The second-order valence-corrected chi connectivity index (χ2v) is 10.0.